The van der Waals surface area contributed by atoms with Crippen molar-refractivity contribution in [2.75, 3.05) is 18.6 Å². The van der Waals surface area contributed by atoms with Crippen LogP contribution >= 0.6 is 11.8 Å². The molecule has 0 saturated heterocycles. The summed E-state index contributed by atoms with van der Waals surface area (Å²) in [5.74, 6) is 0.846. The van der Waals surface area contributed by atoms with Crippen LogP contribution in [0.2, 0.25) is 0 Å². The summed E-state index contributed by atoms with van der Waals surface area (Å²) in [6.07, 6.45) is 8.55. The number of thioether (sulfide) groups is 1. The molecular formula is C12H24N2O2S. The van der Waals surface area contributed by atoms with Gasteiger partial charge in [-0.1, -0.05) is 19.3 Å². The van der Waals surface area contributed by atoms with Crippen molar-refractivity contribution in [2.24, 2.45) is 0 Å². The highest BCUT2D eigenvalue weighted by atomic mass is 32.2. The number of hydrogen-bond donors (Lipinski definition) is 3. The average molecular weight is 260 g/mol. The molecule has 1 fully saturated rings. The standard InChI is InChI=1S/C12H24N2O2S/c1-17-9-11(7-8-15)14-12(16)13-10-5-3-2-4-6-10/h10-11,15H,2-9H2,1H3,(H2,13,14,16). The first-order valence-corrected chi connectivity index (χ1v) is 7.82. The van der Waals surface area contributed by atoms with Crippen molar-refractivity contribution in [3.05, 3.63) is 0 Å². The quantitative estimate of drug-likeness (QED) is 0.681. The maximum atomic E-state index is 11.8. The molecule has 1 unspecified atom stereocenters. The summed E-state index contributed by atoms with van der Waals surface area (Å²) in [7, 11) is 0. The van der Waals surface area contributed by atoms with Crippen LogP contribution in [0.15, 0.2) is 0 Å². The van der Waals surface area contributed by atoms with Crippen molar-refractivity contribution >= 4 is 17.8 Å². The summed E-state index contributed by atoms with van der Waals surface area (Å²) in [6.45, 7) is 0.120. The summed E-state index contributed by atoms with van der Waals surface area (Å²) < 4.78 is 0. The van der Waals surface area contributed by atoms with E-state index in [2.05, 4.69) is 10.6 Å². The Balaban J connectivity index is 2.25. The van der Waals surface area contributed by atoms with Gasteiger partial charge in [-0.3, -0.25) is 0 Å². The van der Waals surface area contributed by atoms with Crippen LogP contribution in [0.5, 0.6) is 0 Å². The van der Waals surface area contributed by atoms with Crippen molar-refractivity contribution in [2.45, 2.75) is 50.6 Å². The van der Waals surface area contributed by atoms with Gasteiger partial charge in [-0.2, -0.15) is 11.8 Å². The minimum Gasteiger partial charge on any atom is -0.396 e. The molecule has 0 aromatic heterocycles. The molecule has 0 aliphatic heterocycles. The Bertz CT molecular complexity index is 215. The Labute approximate surface area is 108 Å². The average Bonchev–Trinajstić information content (AvgIpc) is 2.30. The van der Waals surface area contributed by atoms with Crippen molar-refractivity contribution in [1.82, 2.24) is 10.6 Å². The monoisotopic (exact) mass is 260 g/mol. The smallest absolute Gasteiger partial charge is 0.315 e. The van der Waals surface area contributed by atoms with Gasteiger partial charge in [0.05, 0.1) is 0 Å². The number of aliphatic hydroxyl groups is 1. The highest BCUT2D eigenvalue weighted by Gasteiger charge is 2.17. The molecule has 0 bridgehead atoms. The van der Waals surface area contributed by atoms with E-state index in [4.69, 9.17) is 5.11 Å². The fraction of sp³-hybridized carbons (Fsp3) is 0.917. The molecule has 1 aliphatic carbocycles. The molecule has 1 saturated carbocycles. The van der Waals surface area contributed by atoms with Crippen molar-refractivity contribution in [1.29, 1.82) is 0 Å². The Kier molecular flexibility index (Phi) is 7.44. The molecule has 0 aromatic carbocycles. The third-order valence-corrected chi connectivity index (χ3v) is 3.86. The van der Waals surface area contributed by atoms with Gasteiger partial charge in [0.15, 0.2) is 0 Å². The zero-order chi connectivity index (χ0) is 12.5. The largest absolute Gasteiger partial charge is 0.396 e. The van der Waals surface area contributed by atoms with Crippen molar-refractivity contribution < 1.29 is 9.90 Å². The lowest BCUT2D eigenvalue weighted by Gasteiger charge is -2.24. The predicted molar refractivity (Wildman–Crippen MR) is 72.4 cm³/mol. The molecule has 5 heteroatoms. The second-order valence-corrected chi connectivity index (χ2v) is 5.53. The Morgan fingerprint density at radius 1 is 1.41 bits per heavy atom. The minimum absolute atomic E-state index is 0.0681. The van der Waals surface area contributed by atoms with Crippen LogP contribution in [-0.2, 0) is 0 Å². The van der Waals surface area contributed by atoms with Gasteiger partial charge in [0.2, 0.25) is 0 Å². The maximum Gasteiger partial charge on any atom is 0.315 e. The first-order chi connectivity index (χ1) is 8.26. The van der Waals surface area contributed by atoms with E-state index >= 15 is 0 Å². The molecule has 0 spiro atoms. The molecule has 1 rings (SSSR count). The molecule has 2 amide bonds. The summed E-state index contributed by atoms with van der Waals surface area (Å²) in [6, 6.07) is 0.329. The lowest BCUT2D eigenvalue weighted by Crippen LogP contribution is -2.47. The zero-order valence-electron chi connectivity index (χ0n) is 10.6. The second-order valence-electron chi connectivity index (χ2n) is 4.62. The Morgan fingerprint density at radius 2 is 2.12 bits per heavy atom. The number of urea groups is 1. The summed E-state index contributed by atoms with van der Waals surface area (Å²) >= 11 is 1.68. The van der Waals surface area contributed by atoms with Crippen LogP contribution in [0.1, 0.15) is 38.5 Å². The van der Waals surface area contributed by atoms with E-state index in [1.165, 1.54) is 19.3 Å². The normalized spacial score (nSPS) is 18.7. The van der Waals surface area contributed by atoms with Gasteiger partial charge in [0.1, 0.15) is 0 Å². The molecule has 0 heterocycles. The molecule has 4 nitrogen and oxygen atoms in total. The lowest BCUT2D eigenvalue weighted by atomic mass is 9.96. The number of rotatable bonds is 6. The summed E-state index contributed by atoms with van der Waals surface area (Å²) in [5.41, 5.74) is 0. The first kappa shape index (κ1) is 14.6. The first-order valence-electron chi connectivity index (χ1n) is 6.43. The molecular weight excluding hydrogens is 236 g/mol. The van der Waals surface area contributed by atoms with Crippen LogP contribution in [-0.4, -0.2) is 41.8 Å². The van der Waals surface area contributed by atoms with E-state index in [9.17, 15) is 4.79 Å². The highest BCUT2D eigenvalue weighted by molar-refractivity contribution is 7.98. The van der Waals surface area contributed by atoms with Crippen LogP contribution in [0, 0.1) is 0 Å². The second kappa shape index (κ2) is 8.64. The summed E-state index contributed by atoms with van der Waals surface area (Å²) in [4.78, 5) is 11.8. The topological polar surface area (TPSA) is 61.4 Å². The molecule has 3 N–H and O–H groups in total. The van der Waals surface area contributed by atoms with Crippen LogP contribution in [0.3, 0.4) is 0 Å². The Hall–Kier alpha value is -0.420. The van der Waals surface area contributed by atoms with E-state index < -0.39 is 0 Å². The van der Waals surface area contributed by atoms with E-state index in [0.29, 0.717) is 12.5 Å². The van der Waals surface area contributed by atoms with Gasteiger partial charge in [-0.25, -0.2) is 4.79 Å². The van der Waals surface area contributed by atoms with Crippen LogP contribution < -0.4 is 10.6 Å². The van der Waals surface area contributed by atoms with Gasteiger partial charge in [-0.05, 0) is 25.5 Å². The van der Waals surface area contributed by atoms with E-state index in [-0.39, 0.29) is 18.7 Å². The molecule has 0 radical (unpaired) electrons. The molecule has 17 heavy (non-hydrogen) atoms. The summed E-state index contributed by atoms with van der Waals surface area (Å²) in [5, 5.41) is 14.9. The molecule has 1 aliphatic rings. The van der Waals surface area contributed by atoms with Gasteiger partial charge in [-0.15, -0.1) is 0 Å². The van der Waals surface area contributed by atoms with Gasteiger partial charge in [0, 0.05) is 24.4 Å². The highest BCUT2D eigenvalue weighted by Crippen LogP contribution is 2.17. The maximum absolute atomic E-state index is 11.8. The minimum atomic E-state index is -0.0793. The molecule has 1 atom stereocenters. The number of carbonyl (C=O) groups excluding carboxylic acids is 1. The SMILES string of the molecule is CSCC(CCO)NC(=O)NC1CCCCC1. The zero-order valence-corrected chi connectivity index (χ0v) is 11.4. The van der Waals surface area contributed by atoms with Crippen molar-refractivity contribution in [3.63, 3.8) is 0 Å². The number of nitrogens with one attached hydrogen (secondary N) is 2. The lowest BCUT2D eigenvalue weighted by molar-refractivity contribution is 0.224. The van der Waals surface area contributed by atoms with Crippen molar-refractivity contribution in [3.8, 4) is 0 Å². The number of carbonyl (C=O) groups is 1. The number of amides is 2. The van der Waals surface area contributed by atoms with E-state index in [1.54, 1.807) is 11.8 Å². The third kappa shape index (κ3) is 6.17. The Morgan fingerprint density at radius 3 is 2.71 bits per heavy atom. The fourth-order valence-corrected chi connectivity index (χ4v) is 2.87. The van der Waals surface area contributed by atoms with Crippen LogP contribution in [0.4, 0.5) is 4.79 Å². The van der Waals surface area contributed by atoms with E-state index in [0.717, 1.165) is 18.6 Å². The van der Waals surface area contributed by atoms with Gasteiger partial charge >= 0.3 is 6.03 Å². The predicted octanol–water partition coefficient (Wildman–Crippen LogP) is 1.73. The van der Waals surface area contributed by atoms with Gasteiger partial charge < -0.3 is 15.7 Å². The van der Waals surface area contributed by atoms with E-state index in [1.807, 2.05) is 6.26 Å². The molecule has 0 aromatic rings. The number of hydrogen-bond acceptors (Lipinski definition) is 3. The molecule has 100 valence electrons. The number of aliphatic hydroxyl groups excluding tert-OH is 1. The van der Waals surface area contributed by atoms with Gasteiger partial charge in [0.25, 0.3) is 0 Å². The van der Waals surface area contributed by atoms with Crippen LogP contribution in [0.25, 0.3) is 0 Å². The third-order valence-electron chi connectivity index (χ3n) is 3.12. The fourth-order valence-electron chi connectivity index (χ4n) is 2.21.